The Hall–Kier alpha value is -2.38. The van der Waals surface area contributed by atoms with Gasteiger partial charge in [-0.25, -0.2) is 0 Å². The van der Waals surface area contributed by atoms with Crippen molar-refractivity contribution in [2.24, 2.45) is 0 Å². The summed E-state index contributed by atoms with van der Waals surface area (Å²) in [6.45, 7) is 3.43. The van der Waals surface area contributed by atoms with Gasteiger partial charge in [-0.15, -0.1) is 0 Å². The number of rotatable bonds is 3. The van der Waals surface area contributed by atoms with Gasteiger partial charge in [0.05, 0.1) is 11.6 Å². The summed E-state index contributed by atoms with van der Waals surface area (Å²) in [7, 11) is 0. The largest absolute Gasteiger partial charge is 0.380 e. The van der Waals surface area contributed by atoms with Crippen LogP contribution in [0.1, 0.15) is 11.9 Å². The second kappa shape index (κ2) is 4.64. The molecule has 0 bridgehead atoms. The quantitative estimate of drug-likeness (QED) is 0.816. The highest BCUT2D eigenvalue weighted by Crippen LogP contribution is 2.25. The van der Waals surface area contributed by atoms with Gasteiger partial charge in [0.1, 0.15) is 11.8 Å². The highest BCUT2D eigenvalue weighted by Gasteiger charge is 2.17. The van der Waals surface area contributed by atoms with Crippen molar-refractivity contribution in [3.8, 4) is 17.3 Å². The lowest BCUT2D eigenvalue weighted by atomic mass is 10.1. The number of aliphatic hydroxyl groups excluding tert-OH is 1. The van der Waals surface area contributed by atoms with Gasteiger partial charge >= 0.3 is 0 Å². The van der Waals surface area contributed by atoms with Crippen LogP contribution < -0.4 is 0 Å². The predicted octanol–water partition coefficient (Wildman–Crippen LogP) is 2.45. The van der Waals surface area contributed by atoms with Crippen LogP contribution in [0, 0.1) is 11.3 Å². The summed E-state index contributed by atoms with van der Waals surface area (Å²) in [6, 6.07) is 12.8. The predicted molar refractivity (Wildman–Crippen MR) is 61.7 cm³/mol. The Balaban J connectivity index is 2.29. The van der Waals surface area contributed by atoms with Gasteiger partial charge in [-0.2, -0.15) is 5.26 Å². The molecule has 0 spiro atoms. The van der Waals surface area contributed by atoms with E-state index in [0.29, 0.717) is 5.69 Å². The Morgan fingerprint density at radius 1 is 1.41 bits per heavy atom. The van der Waals surface area contributed by atoms with Crippen molar-refractivity contribution in [2.45, 2.75) is 6.10 Å². The molecule has 17 heavy (non-hydrogen) atoms. The summed E-state index contributed by atoms with van der Waals surface area (Å²) in [5, 5.41) is 22.2. The first-order chi connectivity index (χ1) is 8.22. The van der Waals surface area contributed by atoms with Crippen molar-refractivity contribution in [2.75, 3.05) is 0 Å². The minimum absolute atomic E-state index is 0.0285. The van der Waals surface area contributed by atoms with Crippen molar-refractivity contribution in [3.63, 3.8) is 0 Å². The molecule has 1 atom stereocenters. The van der Waals surface area contributed by atoms with Gasteiger partial charge in [0, 0.05) is 11.6 Å². The Morgan fingerprint density at radius 3 is 2.76 bits per heavy atom. The van der Waals surface area contributed by atoms with E-state index in [1.54, 1.807) is 12.1 Å². The van der Waals surface area contributed by atoms with E-state index in [4.69, 9.17) is 9.78 Å². The number of hydrogen-bond acceptors (Lipinski definition) is 4. The maximum atomic E-state index is 9.69. The summed E-state index contributed by atoms with van der Waals surface area (Å²) in [5.41, 5.74) is 1.53. The Kier molecular flexibility index (Phi) is 3.03. The molecule has 0 fully saturated rings. The van der Waals surface area contributed by atoms with E-state index in [1.807, 2.05) is 30.3 Å². The molecule has 0 aliphatic heterocycles. The lowest BCUT2D eigenvalue weighted by Gasteiger charge is -2.01. The zero-order chi connectivity index (χ0) is 12.3. The third-order valence-corrected chi connectivity index (χ3v) is 2.34. The monoisotopic (exact) mass is 226 g/mol. The average molecular weight is 226 g/mol. The van der Waals surface area contributed by atoms with Crippen molar-refractivity contribution < 1.29 is 9.63 Å². The van der Waals surface area contributed by atoms with Gasteiger partial charge < -0.3 is 9.63 Å². The van der Waals surface area contributed by atoms with Crippen LogP contribution in [0.15, 0.2) is 53.1 Å². The Labute approximate surface area is 98.4 Å². The van der Waals surface area contributed by atoms with Crippen LogP contribution >= 0.6 is 0 Å². The molecule has 0 amide bonds. The minimum Gasteiger partial charge on any atom is -0.380 e. The van der Waals surface area contributed by atoms with Crippen molar-refractivity contribution in [1.82, 2.24) is 5.16 Å². The summed E-state index contributed by atoms with van der Waals surface area (Å²) >= 11 is 0. The second-order valence-electron chi connectivity index (χ2n) is 3.52. The number of aliphatic hydroxyl groups is 1. The van der Waals surface area contributed by atoms with Crippen LogP contribution in [0.3, 0.4) is 0 Å². The van der Waals surface area contributed by atoms with Crippen molar-refractivity contribution in [3.05, 3.63) is 54.3 Å². The molecule has 1 unspecified atom stereocenters. The smallest absolute Gasteiger partial charge is 0.171 e. The average Bonchev–Trinajstić information content (AvgIpc) is 2.87. The molecule has 2 aromatic rings. The number of hydrogen-bond donors (Lipinski definition) is 1. The lowest BCUT2D eigenvalue weighted by Crippen LogP contribution is -1.96. The molecular weight excluding hydrogens is 216 g/mol. The Bertz CT molecular complexity index is 567. The molecule has 0 radical (unpaired) electrons. The van der Waals surface area contributed by atoms with Crippen LogP contribution in [-0.4, -0.2) is 10.3 Å². The standard InChI is InChI=1S/C13H10N2O2/c1-9(8-14)13(16)12-7-11(15-17-12)10-5-3-2-4-6-10/h2-7,13,16H,1H2. The van der Waals surface area contributed by atoms with E-state index in [-0.39, 0.29) is 11.3 Å². The van der Waals surface area contributed by atoms with Crippen molar-refractivity contribution in [1.29, 1.82) is 5.26 Å². The molecular formula is C13H10N2O2. The topological polar surface area (TPSA) is 70.0 Å². The first kappa shape index (κ1) is 11.1. The SMILES string of the molecule is C=C(C#N)C(O)c1cc(-c2ccccc2)no1. The first-order valence-electron chi connectivity index (χ1n) is 5.01. The first-order valence-corrected chi connectivity index (χ1v) is 5.01. The number of aromatic nitrogens is 1. The summed E-state index contributed by atoms with van der Waals surface area (Å²) < 4.78 is 4.99. The van der Waals surface area contributed by atoms with Gasteiger partial charge in [0.25, 0.3) is 0 Å². The van der Waals surface area contributed by atoms with E-state index in [0.717, 1.165) is 5.56 Å². The second-order valence-corrected chi connectivity index (χ2v) is 3.52. The number of nitrogens with zero attached hydrogens (tertiary/aromatic N) is 2. The molecule has 2 rings (SSSR count). The van der Waals surface area contributed by atoms with E-state index in [9.17, 15) is 5.11 Å². The maximum Gasteiger partial charge on any atom is 0.171 e. The van der Waals surface area contributed by atoms with Gasteiger partial charge in [-0.1, -0.05) is 42.1 Å². The molecule has 1 aromatic heterocycles. The summed E-state index contributed by atoms with van der Waals surface area (Å²) in [6.07, 6.45) is -1.13. The van der Waals surface area contributed by atoms with Crippen LogP contribution in [0.4, 0.5) is 0 Å². The molecule has 0 aliphatic carbocycles. The summed E-state index contributed by atoms with van der Waals surface area (Å²) in [5.74, 6) is 0.218. The van der Waals surface area contributed by atoms with Gasteiger partial charge in [-0.3, -0.25) is 0 Å². The van der Waals surface area contributed by atoms with E-state index >= 15 is 0 Å². The molecule has 1 N–H and O–H groups in total. The van der Waals surface area contributed by atoms with E-state index < -0.39 is 6.10 Å². The molecule has 0 aliphatic rings. The highest BCUT2D eigenvalue weighted by atomic mass is 16.5. The Morgan fingerprint density at radius 2 is 2.12 bits per heavy atom. The maximum absolute atomic E-state index is 9.69. The molecule has 1 heterocycles. The lowest BCUT2D eigenvalue weighted by molar-refractivity contribution is 0.177. The van der Waals surface area contributed by atoms with Gasteiger partial charge in [0.2, 0.25) is 0 Å². The van der Waals surface area contributed by atoms with E-state index in [2.05, 4.69) is 11.7 Å². The fraction of sp³-hybridized carbons (Fsp3) is 0.0769. The minimum atomic E-state index is -1.13. The number of nitriles is 1. The third-order valence-electron chi connectivity index (χ3n) is 2.34. The molecule has 0 saturated heterocycles. The van der Waals surface area contributed by atoms with Crippen LogP contribution in [0.5, 0.6) is 0 Å². The number of benzene rings is 1. The van der Waals surface area contributed by atoms with Crippen LogP contribution in [0.25, 0.3) is 11.3 Å². The zero-order valence-corrected chi connectivity index (χ0v) is 9.00. The fourth-order valence-electron chi connectivity index (χ4n) is 1.40. The third kappa shape index (κ3) is 2.25. The molecule has 4 heteroatoms. The summed E-state index contributed by atoms with van der Waals surface area (Å²) in [4.78, 5) is 0. The highest BCUT2D eigenvalue weighted by molar-refractivity contribution is 5.58. The molecule has 4 nitrogen and oxygen atoms in total. The molecule has 84 valence electrons. The molecule has 1 aromatic carbocycles. The van der Waals surface area contributed by atoms with E-state index in [1.165, 1.54) is 0 Å². The van der Waals surface area contributed by atoms with Crippen LogP contribution in [0.2, 0.25) is 0 Å². The molecule has 0 saturated carbocycles. The normalized spacial score (nSPS) is 11.8. The van der Waals surface area contributed by atoms with Crippen LogP contribution in [-0.2, 0) is 0 Å². The zero-order valence-electron chi connectivity index (χ0n) is 9.00. The van der Waals surface area contributed by atoms with Gasteiger partial charge in [-0.05, 0) is 0 Å². The van der Waals surface area contributed by atoms with Crippen molar-refractivity contribution >= 4 is 0 Å². The van der Waals surface area contributed by atoms with Gasteiger partial charge in [0.15, 0.2) is 5.76 Å². The fourth-order valence-corrected chi connectivity index (χ4v) is 1.40.